The van der Waals surface area contributed by atoms with Gasteiger partial charge in [-0.2, -0.15) is 4.98 Å². The van der Waals surface area contributed by atoms with Crippen LogP contribution in [0.1, 0.15) is 50.9 Å². The van der Waals surface area contributed by atoms with Crippen LogP contribution in [0.3, 0.4) is 0 Å². The van der Waals surface area contributed by atoms with E-state index in [9.17, 15) is 0 Å². The highest BCUT2D eigenvalue weighted by atomic mass is 16.5. The molecule has 1 aromatic rings. The topological polar surface area (TPSA) is 47.0 Å². The molecule has 4 heteroatoms. The van der Waals surface area contributed by atoms with Gasteiger partial charge >= 0.3 is 0 Å². The van der Waals surface area contributed by atoms with Gasteiger partial charge in [-0.3, -0.25) is 0 Å². The molecule has 0 amide bonds. The van der Waals surface area contributed by atoms with Crippen LogP contribution in [0.2, 0.25) is 0 Å². The van der Waals surface area contributed by atoms with Crippen LogP contribution in [0.4, 0.5) is 5.82 Å². The van der Waals surface area contributed by atoms with Gasteiger partial charge in [0.1, 0.15) is 18.2 Å². The van der Waals surface area contributed by atoms with E-state index >= 15 is 0 Å². The van der Waals surface area contributed by atoms with E-state index in [1.165, 1.54) is 0 Å². The Kier molecular flexibility index (Phi) is 6.14. The molecule has 4 nitrogen and oxygen atoms in total. The predicted molar refractivity (Wildman–Crippen MR) is 78.6 cm³/mol. The lowest BCUT2D eigenvalue weighted by Crippen LogP contribution is -2.11. The number of nitrogens with one attached hydrogen (secondary N) is 1. The molecule has 1 aromatic heterocycles. The fourth-order valence-electron chi connectivity index (χ4n) is 1.53. The summed E-state index contributed by atoms with van der Waals surface area (Å²) in [6.07, 6.45) is 6.86. The van der Waals surface area contributed by atoms with Crippen molar-refractivity contribution in [3.05, 3.63) is 11.4 Å². The largest absolute Gasteiger partial charge is 0.476 e. The van der Waals surface area contributed by atoms with Gasteiger partial charge in [-0.1, -0.05) is 20.8 Å². The van der Waals surface area contributed by atoms with Crippen LogP contribution in [-0.2, 0) is 0 Å². The Morgan fingerprint density at radius 3 is 2.68 bits per heavy atom. The fraction of sp³-hybridized carbons (Fsp3) is 0.600. The Bertz CT molecular complexity index is 449. The summed E-state index contributed by atoms with van der Waals surface area (Å²) in [5.74, 6) is 5.10. The second-order valence-electron chi connectivity index (χ2n) is 4.74. The van der Waals surface area contributed by atoms with Gasteiger partial charge < -0.3 is 10.1 Å². The summed E-state index contributed by atoms with van der Waals surface area (Å²) >= 11 is 0. The molecule has 1 heterocycles. The fourth-order valence-corrected chi connectivity index (χ4v) is 1.53. The maximum Gasteiger partial charge on any atom is 0.221 e. The first-order valence-electron chi connectivity index (χ1n) is 6.78. The molecule has 0 aromatic carbocycles. The van der Waals surface area contributed by atoms with Crippen LogP contribution >= 0.6 is 0 Å². The van der Waals surface area contributed by atoms with Gasteiger partial charge in [0.15, 0.2) is 0 Å². The van der Waals surface area contributed by atoms with Crippen molar-refractivity contribution in [2.75, 3.05) is 18.5 Å². The van der Waals surface area contributed by atoms with Gasteiger partial charge in [-0.25, -0.2) is 4.98 Å². The van der Waals surface area contributed by atoms with Crippen LogP contribution in [0.25, 0.3) is 0 Å². The number of terminal acetylenes is 1. The zero-order valence-electron chi connectivity index (χ0n) is 12.3. The number of hydrogen-bond acceptors (Lipinski definition) is 4. The molecule has 19 heavy (non-hydrogen) atoms. The van der Waals surface area contributed by atoms with Crippen molar-refractivity contribution >= 4 is 5.82 Å². The first-order chi connectivity index (χ1) is 9.10. The highest BCUT2D eigenvalue weighted by Crippen LogP contribution is 2.25. The summed E-state index contributed by atoms with van der Waals surface area (Å²) in [6.45, 7) is 9.60. The summed E-state index contributed by atoms with van der Waals surface area (Å²) in [6, 6.07) is 0. The minimum Gasteiger partial charge on any atom is -0.476 e. The van der Waals surface area contributed by atoms with E-state index in [1.54, 1.807) is 0 Å². The van der Waals surface area contributed by atoms with Gasteiger partial charge in [0.05, 0.1) is 5.56 Å². The summed E-state index contributed by atoms with van der Waals surface area (Å²) in [5.41, 5.74) is 0.940. The molecule has 0 aliphatic rings. The monoisotopic (exact) mass is 261 g/mol. The normalized spacial score (nSPS) is 10.3. The van der Waals surface area contributed by atoms with E-state index in [0.29, 0.717) is 18.9 Å². The smallest absolute Gasteiger partial charge is 0.221 e. The molecule has 0 unspecified atom stereocenters. The maximum atomic E-state index is 5.66. The molecule has 1 rings (SSSR count). The van der Waals surface area contributed by atoms with E-state index in [2.05, 4.69) is 42.0 Å². The molecule has 0 aliphatic carbocycles. The van der Waals surface area contributed by atoms with E-state index in [1.807, 2.05) is 6.92 Å². The lowest BCUT2D eigenvalue weighted by molar-refractivity contribution is 0.310. The number of aromatic nitrogens is 2. The van der Waals surface area contributed by atoms with Gasteiger partial charge in [0.2, 0.25) is 5.88 Å². The van der Waals surface area contributed by atoms with Crippen LogP contribution in [0, 0.1) is 19.3 Å². The van der Waals surface area contributed by atoms with E-state index in [-0.39, 0.29) is 5.92 Å². The molecule has 0 saturated carbocycles. The van der Waals surface area contributed by atoms with Crippen molar-refractivity contribution in [3.8, 4) is 18.2 Å². The standard InChI is InChI=1S/C15H23N3O/c1-6-8-10-19-15-12(5)14(16-9-7-2)17-13(18-15)11(3)4/h1,11H,7-10H2,2-5H3,(H,16,17,18). The first-order valence-corrected chi connectivity index (χ1v) is 6.78. The van der Waals surface area contributed by atoms with Crippen LogP contribution in [0.5, 0.6) is 5.88 Å². The molecule has 0 spiro atoms. The second kappa shape index (κ2) is 7.63. The summed E-state index contributed by atoms with van der Waals surface area (Å²) in [5, 5.41) is 3.32. The van der Waals surface area contributed by atoms with Crippen molar-refractivity contribution in [2.24, 2.45) is 0 Å². The van der Waals surface area contributed by atoms with Gasteiger partial charge in [0, 0.05) is 18.9 Å². The van der Waals surface area contributed by atoms with Gasteiger partial charge in [-0.05, 0) is 13.3 Å². The Morgan fingerprint density at radius 2 is 2.11 bits per heavy atom. The molecule has 0 bridgehead atoms. The average molecular weight is 261 g/mol. The minimum atomic E-state index is 0.262. The van der Waals surface area contributed by atoms with Crippen molar-refractivity contribution in [1.82, 2.24) is 9.97 Å². The lowest BCUT2D eigenvalue weighted by atomic mass is 10.2. The molecule has 0 aliphatic heterocycles. The highest BCUT2D eigenvalue weighted by Gasteiger charge is 2.13. The third-order valence-corrected chi connectivity index (χ3v) is 2.66. The Labute approximate surface area is 116 Å². The predicted octanol–water partition coefficient (Wildman–Crippen LogP) is 3.13. The molecule has 0 atom stereocenters. The number of ether oxygens (including phenoxy) is 1. The number of rotatable bonds is 7. The van der Waals surface area contributed by atoms with Crippen molar-refractivity contribution in [1.29, 1.82) is 0 Å². The zero-order chi connectivity index (χ0) is 14.3. The van der Waals surface area contributed by atoms with Crippen LogP contribution in [-0.4, -0.2) is 23.1 Å². The Hall–Kier alpha value is -1.76. The number of anilines is 1. The first kappa shape index (κ1) is 15.3. The number of nitrogens with zero attached hydrogens (tertiary/aromatic N) is 2. The Balaban J connectivity index is 2.99. The molecular weight excluding hydrogens is 238 g/mol. The Morgan fingerprint density at radius 1 is 1.37 bits per heavy atom. The summed E-state index contributed by atoms with van der Waals surface area (Å²) < 4.78 is 5.66. The maximum absolute atomic E-state index is 5.66. The molecule has 0 fully saturated rings. The van der Waals surface area contributed by atoms with Gasteiger partial charge in [0.25, 0.3) is 0 Å². The molecular formula is C15H23N3O. The third kappa shape index (κ3) is 4.44. The SMILES string of the molecule is C#CCCOc1nc(C(C)C)nc(NCCC)c1C. The van der Waals surface area contributed by atoms with Crippen molar-refractivity contribution < 1.29 is 4.74 Å². The van der Waals surface area contributed by atoms with E-state index in [0.717, 1.165) is 30.2 Å². The third-order valence-electron chi connectivity index (χ3n) is 2.66. The summed E-state index contributed by atoms with van der Waals surface area (Å²) in [4.78, 5) is 9.03. The van der Waals surface area contributed by atoms with Crippen molar-refractivity contribution in [2.45, 2.75) is 46.5 Å². The zero-order valence-corrected chi connectivity index (χ0v) is 12.3. The lowest BCUT2D eigenvalue weighted by Gasteiger charge is -2.15. The highest BCUT2D eigenvalue weighted by molar-refractivity contribution is 5.48. The number of hydrogen-bond donors (Lipinski definition) is 1. The molecule has 104 valence electrons. The van der Waals surface area contributed by atoms with E-state index in [4.69, 9.17) is 11.2 Å². The van der Waals surface area contributed by atoms with E-state index < -0.39 is 0 Å². The van der Waals surface area contributed by atoms with Crippen LogP contribution in [0.15, 0.2) is 0 Å². The van der Waals surface area contributed by atoms with Gasteiger partial charge in [-0.15, -0.1) is 12.3 Å². The summed E-state index contributed by atoms with van der Waals surface area (Å²) in [7, 11) is 0. The van der Waals surface area contributed by atoms with Crippen molar-refractivity contribution in [3.63, 3.8) is 0 Å². The molecule has 1 N–H and O–H groups in total. The average Bonchev–Trinajstić information content (AvgIpc) is 2.39. The molecule has 0 saturated heterocycles. The quantitative estimate of drug-likeness (QED) is 0.605. The van der Waals surface area contributed by atoms with Crippen LogP contribution < -0.4 is 10.1 Å². The second-order valence-corrected chi connectivity index (χ2v) is 4.74. The molecule has 0 radical (unpaired) electrons. The minimum absolute atomic E-state index is 0.262.